The lowest BCUT2D eigenvalue weighted by atomic mass is 10.1. The normalized spacial score (nSPS) is 19.9. The van der Waals surface area contributed by atoms with E-state index < -0.39 is 0 Å². The van der Waals surface area contributed by atoms with Gasteiger partial charge in [-0.25, -0.2) is 14.4 Å². The van der Waals surface area contributed by atoms with Crippen molar-refractivity contribution in [1.82, 2.24) is 25.1 Å². The van der Waals surface area contributed by atoms with Crippen LogP contribution in [-0.4, -0.2) is 44.9 Å². The number of piperazine rings is 1. The van der Waals surface area contributed by atoms with Crippen LogP contribution in [0.1, 0.15) is 13.8 Å². The summed E-state index contributed by atoms with van der Waals surface area (Å²) in [6.07, 6.45) is 3.69. The maximum absolute atomic E-state index is 14.5. The predicted molar refractivity (Wildman–Crippen MR) is 113 cm³/mol. The third kappa shape index (κ3) is 3.31. The summed E-state index contributed by atoms with van der Waals surface area (Å²) in [5, 5.41) is 9.45. The van der Waals surface area contributed by atoms with Crippen LogP contribution in [0, 0.1) is 5.82 Å². The molecule has 5 rings (SSSR count). The van der Waals surface area contributed by atoms with Gasteiger partial charge in [-0.05, 0) is 44.2 Å². The first-order chi connectivity index (χ1) is 14.0. The van der Waals surface area contributed by atoms with Gasteiger partial charge in [-0.2, -0.15) is 5.10 Å². The molecule has 4 aromatic rings. The highest BCUT2D eigenvalue weighted by atomic mass is 19.1. The monoisotopic (exact) mass is 390 g/mol. The van der Waals surface area contributed by atoms with Gasteiger partial charge in [0.15, 0.2) is 11.5 Å². The fourth-order valence-electron chi connectivity index (χ4n) is 4.23. The van der Waals surface area contributed by atoms with Gasteiger partial charge in [-0.3, -0.25) is 4.68 Å². The van der Waals surface area contributed by atoms with Crippen molar-refractivity contribution < 1.29 is 4.39 Å². The molecule has 2 atom stereocenters. The molecule has 1 saturated heterocycles. The average Bonchev–Trinajstić information content (AvgIpc) is 3.07. The van der Waals surface area contributed by atoms with Crippen molar-refractivity contribution in [3.05, 3.63) is 48.5 Å². The maximum Gasteiger partial charge on any atom is 0.159 e. The topological polar surface area (TPSA) is 58.9 Å². The molecule has 148 valence electrons. The van der Waals surface area contributed by atoms with Gasteiger partial charge in [-0.15, -0.1) is 0 Å². The van der Waals surface area contributed by atoms with Gasteiger partial charge in [-0.1, -0.05) is 0 Å². The van der Waals surface area contributed by atoms with Crippen LogP contribution in [0.25, 0.3) is 33.2 Å². The maximum atomic E-state index is 14.5. The second-order valence-electron chi connectivity index (χ2n) is 8.01. The number of rotatable bonds is 2. The Labute approximate surface area is 168 Å². The summed E-state index contributed by atoms with van der Waals surface area (Å²) in [6.45, 7) is 6.30. The van der Waals surface area contributed by atoms with E-state index >= 15 is 0 Å². The zero-order valence-corrected chi connectivity index (χ0v) is 16.7. The molecular weight excluding hydrogens is 367 g/mol. The Morgan fingerprint density at radius 1 is 1.07 bits per heavy atom. The molecule has 4 heterocycles. The van der Waals surface area contributed by atoms with E-state index in [1.54, 1.807) is 11.7 Å². The lowest BCUT2D eigenvalue weighted by molar-refractivity contribution is 0.407. The van der Waals surface area contributed by atoms with Crippen molar-refractivity contribution in [2.45, 2.75) is 25.9 Å². The molecule has 1 aliphatic heterocycles. The van der Waals surface area contributed by atoms with E-state index in [-0.39, 0.29) is 5.82 Å². The first-order valence-electron chi connectivity index (χ1n) is 9.87. The van der Waals surface area contributed by atoms with Crippen LogP contribution in [0.5, 0.6) is 0 Å². The summed E-state index contributed by atoms with van der Waals surface area (Å²) in [6, 6.07) is 10.3. The summed E-state index contributed by atoms with van der Waals surface area (Å²) in [5.41, 5.74) is 3.57. The highest BCUT2D eigenvalue weighted by molar-refractivity contribution is 5.86. The Balaban J connectivity index is 1.51. The van der Waals surface area contributed by atoms with Gasteiger partial charge in [0, 0.05) is 54.8 Å². The second kappa shape index (κ2) is 6.77. The number of halogens is 1. The average molecular weight is 390 g/mol. The van der Waals surface area contributed by atoms with Crippen LogP contribution in [0.15, 0.2) is 42.7 Å². The van der Waals surface area contributed by atoms with Crippen LogP contribution in [0.4, 0.5) is 10.1 Å². The van der Waals surface area contributed by atoms with E-state index in [2.05, 4.69) is 45.2 Å². The molecule has 7 heteroatoms. The molecule has 0 radical (unpaired) electrons. The number of hydrogen-bond donors (Lipinski definition) is 1. The standard InChI is InChI=1S/C22H23FN6/c1-13-10-29(11-14(2)25-13)18-7-15-4-5-20(26-22(15)24-9-18)16-6-17-12-28(3)27-21(17)19(23)8-16/h4-9,12-14,25H,10-11H2,1-3H3/t13-,14+. The van der Waals surface area contributed by atoms with Crippen LogP contribution in [0.2, 0.25) is 0 Å². The quantitative estimate of drug-likeness (QED) is 0.568. The minimum Gasteiger partial charge on any atom is -0.367 e. The third-order valence-electron chi connectivity index (χ3n) is 5.42. The van der Waals surface area contributed by atoms with Crippen molar-refractivity contribution >= 4 is 27.6 Å². The van der Waals surface area contributed by atoms with Gasteiger partial charge in [0.05, 0.1) is 17.6 Å². The highest BCUT2D eigenvalue weighted by Crippen LogP contribution is 2.28. The van der Waals surface area contributed by atoms with Crippen LogP contribution in [-0.2, 0) is 7.05 Å². The SMILES string of the molecule is C[C@@H]1CN(c2cnc3nc(-c4cc(F)c5nn(C)cc5c4)ccc3c2)C[C@H](C)N1. The van der Waals surface area contributed by atoms with Gasteiger partial charge >= 0.3 is 0 Å². The van der Waals surface area contributed by atoms with Gasteiger partial charge in [0.1, 0.15) is 5.52 Å². The van der Waals surface area contributed by atoms with E-state index in [4.69, 9.17) is 0 Å². The number of fused-ring (bicyclic) bond motifs is 2. The number of hydrogen-bond acceptors (Lipinski definition) is 5. The Kier molecular flexibility index (Phi) is 4.20. The van der Waals surface area contributed by atoms with Crippen LogP contribution >= 0.6 is 0 Å². The molecule has 1 aliphatic rings. The van der Waals surface area contributed by atoms with Gasteiger partial charge in [0.25, 0.3) is 0 Å². The van der Waals surface area contributed by atoms with Crippen molar-refractivity contribution in [1.29, 1.82) is 0 Å². The number of aromatic nitrogens is 4. The molecule has 0 saturated carbocycles. The molecule has 3 aromatic heterocycles. The lowest BCUT2D eigenvalue weighted by Gasteiger charge is -2.37. The van der Waals surface area contributed by atoms with Crippen molar-refractivity contribution in [3.63, 3.8) is 0 Å². The van der Waals surface area contributed by atoms with E-state index in [9.17, 15) is 4.39 Å². The molecule has 29 heavy (non-hydrogen) atoms. The Bertz CT molecular complexity index is 1210. The van der Waals surface area contributed by atoms with E-state index in [0.717, 1.165) is 35.1 Å². The molecule has 0 amide bonds. The third-order valence-corrected chi connectivity index (χ3v) is 5.42. The number of anilines is 1. The molecule has 1 fully saturated rings. The second-order valence-corrected chi connectivity index (χ2v) is 8.01. The van der Waals surface area contributed by atoms with Crippen molar-refractivity contribution in [3.8, 4) is 11.3 Å². The summed E-state index contributed by atoms with van der Waals surface area (Å²) < 4.78 is 16.1. The fourth-order valence-corrected chi connectivity index (χ4v) is 4.23. The minimum absolute atomic E-state index is 0.342. The van der Waals surface area contributed by atoms with Crippen LogP contribution in [0.3, 0.4) is 0 Å². The van der Waals surface area contributed by atoms with E-state index in [1.165, 1.54) is 6.07 Å². The highest BCUT2D eigenvalue weighted by Gasteiger charge is 2.21. The summed E-state index contributed by atoms with van der Waals surface area (Å²) in [5.74, 6) is -0.342. The molecule has 0 unspecified atom stereocenters. The van der Waals surface area contributed by atoms with Crippen molar-refractivity contribution in [2.75, 3.05) is 18.0 Å². The Hall–Kier alpha value is -3.06. The lowest BCUT2D eigenvalue weighted by Crippen LogP contribution is -2.54. The fraction of sp³-hybridized carbons (Fsp3) is 0.318. The summed E-state index contributed by atoms with van der Waals surface area (Å²) >= 11 is 0. The van der Waals surface area contributed by atoms with Gasteiger partial charge < -0.3 is 10.2 Å². The molecule has 1 aromatic carbocycles. The van der Waals surface area contributed by atoms with E-state index in [0.29, 0.717) is 28.9 Å². The largest absolute Gasteiger partial charge is 0.367 e. The van der Waals surface area contributed by atoms with Crippen molar-refractivity contribution in [2.24, 2.45) is 7.05 Å². The molecular formula is C22H23FN6. The molecule has 0 bridgehead atoms. The summed E-state index contributed by atoms with van der Waals surface area (Å²) in [7, 11) is 1.79. The summed E-state index contributed by atoms with van der Waals surface area (Å²) in [4.78, 5) is 11.6. The molecule has 6 nitrogen and oxygen atoms in total. The molecule has 1 N–H and O–H groups in total. The van der Waals surface area contributed by atoms with E-state index in [1.807, 2.05) is 30.6 Å². The molecule has 0 aliphatic carbocycles. The smallest absolute Gasteiger partial charge is 0.159 e. The first-order valence-corrected chi connectivity index (χ1v) is 9.87. The zero-order valence-electron chi connectivity index (χ0n) is 16.7. The predicted octanol–water partition coefficient (Wildman–Crippen LogP) is 3.51. The van der Waals surface area contributed by atoms with Gasteiger partial charge in [0.2, 0.25) is 0 Å². The van der Waals surface area contributed by atoms with Crippen LogP contribution < -0.4 is 10.2 Å². The number of aryl methyl sites for hydroxylation is 1. The number of benzene rings is 1. The molecule has 0 spiro atoms. The number of nitrogens with one attached hydrogen (secondary N) is 1. The minimum atomic E-state index is -0.342. The number of nitrogens with zero attached hydrogens (tertiary/aromatic N) is 5. The Morgan fingerprint density at radius 3 is 2.66 bits per heavy atom. The number of pyridine rings is 2. The zero-order chi connectivity index (χ0) is 20.1. The Morgan fingerprint density at radius 2 is 1.86 bits per heavy atom. The first kappa shape index (κ1) is 18.0.